The zero-order chi connectivity index (χ0) is 18.5. The van der Waals surface area contributed by atoms with E-state index in [9.17, 15) is 14.7 Å². The van der Waals surface area contributed by atoms with Crippen molar-refractivity contribution in [1.82, 2.24) is 10.3 Å². The average molecular weight is 356 g/mol. The average Bonchev–Trinajstić information content (AvgIpc) is 2.94. The highest BCUT2D eigenvalue weighted by Gasteiger charge is 2.30. The van der Waals surface area contributed by atoms with Crippen LogP contribution in [0.25, 0.3) is 0 Å². The summed E-state index contributed by atoms with van der Waals surface area (Å²) in [5, 5.41) is 15.7. The Kier molecular flexibility index (Phi) is 7.35. The lowest BCUT2D eigenvalue weighted by molar-refractivity contribution is -0.137. The third-order valence-electron chi connectivity index (χ3n) is 3.96. The van der Waals surface area contributed by atoms with E-state index in [-0.39, 0.29) is 5.91 Å². The molecule has 7 heteroatoms. The Balaban J connectivity index is 2.63. The highest BCUT2D eigenvalue weighted by Crippen LogP contribution is 2.30. The van der Waals surface area contributed by atoms with Crippen molar-refractivity contribution < 1.29 is 14.7 Å². The third kappa shape index (κ3) is 5.56. The minimum Gasteiger partial charge on any atom is -0.383 e. The van der Waals surface area contributed by atoms with Crippen LogP contribution in [0.1, 0.15) is 65.2 Å². The molecule has 0 spiro atoms. The highest BCUT2D eigenvalue weighted by atomic mass is 32.1. The van der Waals surface area contributed by atoms with Crippen LogP contribution in [-0.2, 0) is 9.59 Å². The number of carbonyl (C=O) groups is 2. The van der Waals surface area contributed by atoms with Crippen LogP contribution in [0.5, 0.6) is 0 Å². The largest absolute Gasteiger partial charge is 0.383 e. The Morgan fingerprint density at radius 2 is 1.83 bits per heavy atom. The maximum Gasteiger partial charge on any atom is 0.250 e. The Morgan fingerprint density at radius 1 is 1.25 bits per heavy atom. The molecule has 0 radical (unpaired) electrons. The Morgan fingerprint density at radius 3 is 2.33 bits per heavy atom. The molecule has 24 heavy (non-hydrogen) atoms. The van der Waals surface area contributed by atoms with E-state index in [0.29, 0.717) is 11.0 Å². The smallest absolute Gasteiger partial charge is 0.250 e. The molecule has 1 aromatic rings. The first-order valence-electron chi connectivity index (χ1n) is 8.35. The Hall–Kier alpha value is -1.47. The first-order valence-corrected chi connectivity index (χ1v) is 9.16. The van der Waals surface area contributed by atoms with Gasteiger partial charge in [-0.3, -0.25) is 9.59 Å². The molecule has 0 saturated heterocycles. The van der Waals surface area contributed by atoms with Crippen LogP contribution in [0.3, 0.4) is 0 Å². The number of aliphatic hydroxyl groups excluding tert-OH is 1. The zero-order valence-electron chi connectivity index (χ0n) is 15.3. The van der Waals surface area contributed by atoms with E-state index >= 15 is 0 Å². The quantitative estimate of drug-likeness (QED) is 0.701. The van der Waals surface area contributed by atoms with E-state index in [1.54, 1.807) is 33.9 Å². The number of rotatable bonds is 7. The van der Waals surface area contributed by atoms with Gasteiger partial charge in [-0.1, -0.05) is 34.6 Å². The fraction of sp³-hybridized carbons (Fsp3) is 0.706. The number of anilines is 1. The first-order chi connectivity index (χ1) is 11.1. The molecule has 1 aromatic heterocycles. The second kappa shape index (κ2) is 8.58. The number of hydrogen-bond acceptors (Lipinski definition) is 5. The number of hydrogen-bond donors (Lipinski definition) is 3. The van der Waals surface area contributed by atoms with Crippen molar-refractivity contribution in [3.8, 4) is 0 Å². The molecule has 0 aromatic carbocycles. The summed E-state index contributed by atoms with van der Waals surface area (Å²) in [5.74, 6) is -0.455. The fourth-order valence-corrected chi connectivity index (χ4v) is 3.27. The molecular formula is C17H29N3O3S. The van der Waals surface area contributed by atoms with Gasteiger partial charge in [-0.05, 0) is 31.1 Å². The molecule has 136 valence electrons. The third-order valence-corrected chi connectivity index (χ3v) is 5.04. The van der Waals surface area contributed by atoms with Gasteiger partial charge in [-0.2, -0.15) is 0 Å². The van der Waals surface area contributed by atoms with Crippen LogP contribution in [0.15, 0.2) is 6.20 Å². The Labute approximate surface area is 148 Å². The summed E-state index contributed by atoms with van der Waals surface area (Å²) in [6.45, 7) is 11.1. The van der Waals surface area contributed by atoms with Gasteiger partial charge in [0.05, 0.1) is 0 Å². The molecule has 0 aliphatic carbocycles. The molecule has 3 N–H and O–H groups in total. The molecule has 0 saturated carbocycles. The lowest BCUT2D eigenvalue weighted by Crippen LogP contribution is -2.49. The topological polar surface area (TPSA) is 91.3 Å². The van der Waals surface area contributed by atoms with Gasteiger partial charge >= 0.3 is 0 Å². The van der Waals surface area contributed by atoms with E-state index in [1.807, 2.05) is 0 Å². The van der Waals surface area contributed by atoms with Crippen molar-refractivity contribution in [3.05, 3.63) is 11.1 Å². The van der Waals surface area contributed by atoms with E-state index < -0.39 is 23.5 Å². The number of amides is 2. The molecule has 0 fully saturated rings. The number of carbonyl (C=O) groups excluding carboxylic acids is 2. The minimum absolute atomic E-state index is 0.352. The number of aromatic nitrogens is 1. The lowest BCUT2D eigenvalue weighted by Gasteiger charge is -2.26. The summed E-state index contributed by atoms with van der Waals surface area (Å²) in [7, 11) is 0. The molecule has 0 unspecified atom stereocenters. The van der Waals surface area contributed by atoms with Gasteiger partial charge in [0.15, 0.2) is 5.13 Å². The first kappa shape index (κ1) is 20.6. The molecule has 2 amide bonds. The fourth-order valence-electron chi connectivity index (χ4n) is 2.19. The van der Waals surface area contributed by atoms with E-state index in [4.69, 9.17) is 0 Å². The Bertz CT molecular complexity index is 562. The van der Waals surface area contributed by atoms with Gasteiger partial charge < -0.3 is 15.7 Å². The van der Waals surface area contributed by atoms with Crippen molar-refractivity contribution in [2.24, 2.45) is 5.41 Å². The van der Waals surface area contributed by atoms with E-state index in [2.05, 4.69) is 29.5 Å². The summed E-state index contributed by atoms with van der Waals surface area (Å²) in [4.78, 5) is 29.6. The van der Waals surface area contributed by atoms with Gasteiger partial charge in [-0.25, -0.2) is 4.98 Å². The maximum atomic E-state index is 12.2. The standard InChI is InChI=1S/C17H29N3O3S/c1-7-11(8-2)12-9-18-16(24-12)20-14(22)10(3)19-15(23)13(21)17(4,5)6/h9-11,13,21H,7-8H2,1-6H3,(H,19,23)(H,18,20,22)/t10-,13+/m0/s1. The van der Waals surface area contributed by atoms with Crippen LogP contribution in [0.4, 0.5) is 5.13 Å². The van der Waals surface area contributed by atoms with Gasteiger partial charge in [0.1, 0.15) is 12.1 Å². The summed E-state index contributed by atoms with van der Waals surface area (Å²) in [6.07, 6.45) is 2.69. The normalized spacial score (nSPS) is 14.3. The van der Waals surface area contributed by atoms with Gasteiger partial charge in [0, 0.05) is 11.1 Å². The van der Waals surface area contributed by atoms with Gasteiger partial charge in [0.25, 0.3) is 0 Å². The molecule has 0 aliphatic heterocycles. The number of nitrogens with one attached hydrogen (secondary N) is 2. The molecular weight excluding hydrogens is 326 g/mol. The van der Waals surface area contributed by atoms with Crippen LogP contribution in [0.2, 0.25) is 0 Å². The van der Waals surface area contributed by atoms with Gasteiger partial charge in [-0.15, -0.1) is 11.3 Å². The predicted octanol–water partition coefficient (Wildman–Crippen LogP) is 2.90. The molecule has 2 atom stereocenters. The summed E-state index contributed by atoms with van der Waals surface area (Å²) in [5.41, 5.74) is -0.584. The van der Waals surface area contributed by atoms with Crippen molar-refractivity contribution in [3.63, 3.8) is 0 Å². The van der Waals surface area contributed by atoms with E-state index in [0.717, 1.165) is 17.7 Å². The predicted molar refractivity (Wildman–Crippen MR) is 97.1 cm³/mol. The maximum absolute atomic E-state index is 12.2. The highest BCUT2D eigenvalue weighted by molar-refractivity contribution is 7.15. The second-order valence-corrected chi connectivity index (χ2v) is 8.13. The van der Waals surface area contributed by atoms with Crippen molar-refractivity contribution in [1.29, 1.82) is 0 Å². The number of nitrogens with zero attached hydrogens (tertiary/aromatic N) is 1. The zero-order valence-corrected chi connectivity index (χ0v) is 16.2. The SMILES string of the molecule is CCC(CC)c1cnc(NC(=O)[C@H](C)NC(=O)[C@@H](O)C(C)(C)C)s1. The molecule has 1 rings (SSSR count). The molecule has 0 bridgehead atoms. The van der Waals surface area contributed by atoms with Gasteiger partial charge in [0.2, 0.25) is 11.8 Å². The van der Waals surface area contributed by atoms with Crippen LogP contribution in [-0.4, -0.2) is 34.1 Å². The molecule has 6 nitrogen and oxygen atoms in total. The summed E-state index contributed by atoms with van der Waals surface area (Å²) >= 11 is 1.46. The number of thiazole rings is 1. The van der Waals surface area contributed by atoms with Crippen molar-refractivity contribution >= 4 is 28.3 Å². The molecule has 0 aliphatic rings. The van der Waals surface area contributed by atoms with Crippen molar-refractivity contribution in [2.45, 2.75) is 72.4 Å². The van der Waals surface area contributed by atoms with E-state index in [1.165, 1.54) is 11.3 Å². The lowest BCUT2D eigenvalue weighted by atomic mass is 9.88. The minimum atomic E-state index is -1.17. The van der Waals surface area contributed by atoms with Crippen molar-refractivity contribution in [2.75, 3.05) is 5.32 Å². The van der Waals surface area contributed by atoms with Crippen LogP contribution < -0.4 is 10.6 Å². The number of aliphatic hydroxyl groups is 1. The summed E-state index contributed by atoms with van der Waals surface area (Å²) in [6, 6.07) is -0.755. The second-order valence-electron chi connectivity index (χ2n) is 7.07. The monoisotopic (exact) mass is 355 g/mol. The van der Waals surface area contributed by atoms with Crippen LogP contribution >= 0.6 is 11.3 Å². The molecule has 1 heterocycles. The van der Waals surface area contributed by atoms with Crippen LogP contribution in [0, 0.1) is 5.41 Å². The summed E-state index contributed by atoms with van der Waals surface area (Å²) < 4.78 is 0.